The summed E-state index contributed by atoms with van der Waals surface area (Å²) in [4.78, 5) is 0. The first kappa shape index (κ1) is 10.4. The number of hydrogen-bond donors (Lipinski definition) is 1. The molecule has 0 fully saturated rings. The van der Waals surface area contributed by atoms with Gasteiger partial charge in [-0.2, -0.15) is 0 Å². The van der Waals surface area contributed by atoms with Gasteiger partial charge in [0.2, 0.25) is 0 Å². The fourth-order valence-corrected chi connectivity index (χ4v) is 1.02. The second-order valence-electron chi connectivity index (χ2n) is 3.31. The van der Waals surface area contributed by atoms with Gasteiger partial charge in [0.15, 0.2) is 0 Å². The Balaban J connectivity index is 4.39. The first-order valence-corrected chi connectivity index (χ1v) is 4.01. The summed E-state index contributed by atoms with van der Waals surface area (Å²) in [5, 5.41) is 1.32. The van der Waals surface area contributed by atoms with E-state index in [-0.39, 0.29) is 5.41 Å². The molecule has 0 N–H and O–H groups in total. The van der Waals surface area contributed by atoms with Crippen molar-refractivity contribution in [1.82, 2.24) is 0 Å². The van der Waals surface area contributed by atoms with Crippen LogP contribution in [0.25, 0.3) is 0 Å². The Morgan fingerprint density at radius 3 is 1.90 bits per heavy atom. The summed E-state index contributed by atoms with van der Waals surface area (Å²) in [6, 6.07) is 0. The van der Waals surface area contributed by atoms with E-state index in [4.69, 9.17) is 0 Å². The molecule has 0 saturated heterocycles. The van der Waals surface area contributed by atoms with Gasteiger partial charge in [-0.3, -0.25) is 0 Å². The monoisotopic (exact) mass is 150 g/mol. The molecule has 4 heteroatoms. The Hall–Kier alpha value is 0.415. The van der Waals surface area contributed by atoms with Crippen molar-refractivity contribution in [3.63, 3.8) is 0 Å². The molecule has 0 rings (SSSR count). The molecule has 0 heterocycles. The Morgan fingerprint density at radius 2 is 1.80 bits per heavy atom. The van der Waals surface area contributed by atoms with Gasteiger partial charge >= 0.3 is 70.7 Å². The van der Waals surface area contributed by atoms with E-state index in [2.05, 4.69) is 40.2 Å². The molecule has 0 unspecified atom stereocenters. The Bertz CT molecular complexity index is 155. The fraction of sp³-hybridized carbons (Fsp3) is 0.833. The molecule has 0 spiro atoms. The van der Waals surface area contributed by atoms with E-state index in [0.29, 0.717) is 0 Å². The van der Waals surface area contributed by atoms with Crippen LogP contribution in [0.4, 0.5) is 0 Å². The van der Waals surface area contributed by atoms with Gasteiger partial charge in [-0.15, -0.1) is 0 Å². The summed E-state index contributed by atoms with van der Waals surface area (Å²) in [5.41, 5.74) is 0.244. The molecule has 0 amide bonds. The zero-order valence-corrected chi connectivity index (χ0v) is 8.07. The number of thiol groups is 1. The van der Waals surface area contributed by atoms with Crippen LogP contribution in [-0.4, -0.2) is 25.2 Å². The molecule has 0 aliphatic heterocycles. The van der Waals surface area contributed by atoms with E-state index < -0.39 is 0 Å². The average Bonchev–Trinajstić information content (AvgIpc) is 1.80. The predicted octanol–water partition coefficient (Wildman–Crippen LogP) is 1.08. The molecule has 0 radical (unpaired) electrons. The van der Waals surface area contributed by atoms with Crippen LogP contribution >= 0.6 is 12.5 Å². The minimum atomic E-state index is 0.244. The molecule has 0 saturated carbocycles. The topological polar surface area (TPSA) is 0 Å². The standard InChI is InChI=1S/C6H13B3S/c1-6(2,3)5(7-4)8-9-10/h10H,1-4H3. The minimum absolute atomic E-state index is 0.244. The first-order valence-electron chi connectivity index (χ1n) is 3.50. The Kier molecular flexibility index (Phi) is 4.50. The van der Waals surface area contributed by atoms with Crippen LogP contribution in [0.3, 0.4) is 0 Å². The maximum atomic E-state index is 4.02. The van der Waals surface area contributed by atoms with Crippen LogP contribution in [0, 0.1) is 5.41 Å². The zero-order valence-electron chi connectivity index (χ0n) is 7.18. The molecule has 0 nitrogen and oxygen atoms in total. The van der Waals surface area contributed by atoms with Crippen LogP contribution in [0.15, 0.2) is 0 Å². The van der Waals surface area contributed by atoms with Crippen molar-refractivity contribution >= 4 is 37.6 Å². The van der Waals surface area contributed by atoms with Gasteiger partial charge in [0, 0.05) is 0 Å². The Morgan fingerprint density at radius 1 is 1.30 bits per heavy atom. The van der Waals surface area contributed by atoms with Crippen LogP contribution in [0.1, 0.15) is 20.8 Å². The summed E-state index contributed by atoms with van der Waals surface area (Å²) < 4.78 is 0. The van der Waals surface area contributed by atoms with Crippen molar-refractivity contribution in [2.75, 3.05) is 0 Å². The third-order valence-corrected chi connectivity index (χ3v) is 1.58. The molecular formula is C6H13B3S. The van der Waals surface area contributed by atoms with Crippen LogP contribution in [-0.2, 0) is 0 Å². The molecule has 0 aliphatic carbocycles. The number of hydrogen-bond acceptors (Lipinski definition) is 1. The van der Waals surface area contributed by atoms with Gasteiger partial charge in [-0.05, 0) is 0 Å². The predicted molar refractivity (Wildman–Crippen MR) is 56.6 cm³/mol. The summed E-state index contributed by atoms with van der Waals surface area (Å²) in [5.74, 6) is 0. The van der Waals surface area contributed by atoms with Crippen molar-refractivity contribution in [3.05, 3.63) is 0 Å². The third-order valence-electron chi connectivity index (χ3n) is 1.43. The second kappa shape index (κ2) is 4.33. The molecule has 0 aromatic heterocycles. The maximum absolute atomic E-state index is 4.02. The average molecular weight is 150 g/mol. The first-order chi connectivity index (χ1) is 4.52. The van der Waals surface area contributed by atoms with Crippen molar-refractivity contribution < 1.29 is 0 Å². The molecule has 52 valence electrons. The van der Waals surface area contributed by atoms with Gasteiger partial charge in [0.05, 0.1) is 0 Å². The summed E-state index contributed by atoms with van der Waals surface area (Å²) in [7, 11) is 0. The van der Waals surface area contributed by atoms with E-state index in [0.717, 1.165) is 0 Å². The van der Waals surface area contributed by atoms with E-state index in [1.165, 1.54) is 5.36 Å². The van der Waals surface area contributed by atoms with Gasteiger partial charge in [-0.25, -0.2) is 0 Å². The summed E-state index contributed by atoms with van der Waals surface area (Å²) in [6.45, 7) is 12.8. The van der Waals surface area contributed by atoms with Crippen molar-refractivity contribution in [1.29, 1.82) is 0 Å². The molecule has 10 heavy (non-hydrogen) atoms. The molecule has 0 aliphatic rings. The quantitative estimate of drug-likeness (QED) is 0.419. The second-order valence-corrected chi connectivity index (χ2v) is 3.61. The normalized spacial score (nSPS) is 12.3. The summed E-state index contributed by atoms with van der Waals surface area (Å²) >= 11 is 4.02. The molecular weight excluding hydrogens is 137 g/mol. The van der Waals surface area contributed by atoms with Crippen LogP contribution in [0.2, 0.25) is 6.82 Å². The SMILES string of the molecule is CB=C(B=BS)C(C)(C)C. The molecule has 0 bridgehead atoms. The van der Waals surface area contributed by atoms with E-state index in [1.807, 2.05) is 13.6 Å². The number of rotatable bonds is 1. The van der Waals surface area contributed by atoms with Crippen LogP contribution < -0.4 is 0 Å². The molecule has 0 aromatic rings. The van der Waals surface area contributed by atoms with Crippen molar-refractivity contribution in [3.8, 4) is 0 Å². The van der Waals surface area contributed by atoms with Gasteiger partial charge in [0.1, 0.15) is 0 Å². The van der Waals surface area contributed by atoms with Gasteiger partial charge in [0.25, 0.3) is 0 Å². The van der Waals surface area contributed by atoms with Crippen molar-refractivity contribution in [2.45, 2.75) is 27.6 Å². The van der Waals surface area contributed by atoms with Crippen molar-refractivity contribution in [2.24, 2.45) is 5.41 Å². The molecule has 0 atom stereocenters. The van der Waals surface area contributed by atoms with Gasteiger partial charge in [-0.1, -0.05) is 0 Å². The third kappa shape index (κ3) is 3.55. The van der Waals surface area contributed by atoms with E-state index >= 15 is 0 Å². The summed E-state index contributed by atoms with van der Waals surface area (Å²) in [6.07, 6.45) is 1.78. The van der Waals surface area contributed by atoms with E-state index in [1.54, 1.807) is 6.08 Å². The van der Waals surface area contributed by atoms with E-state index in [9.17, 15) is 0 Å². The van der Waals surface area contributed by atoms with Crippen LogP contribution in [0.5, 0.6) is 0 Å². The fourth-order valence-electron chi connectivity index (χ4n) is 0.860. The van der Waals surface area contributed by atoms with Gasteiger partial charge < -0.3 is 0 Å². The Labute approximate surface area is 71.1 Å². The molecule has 0 aromatic carbocycles. The zero-order chi connectivity index (χ0) is 8.20.